The Labute approximate surface area is 104 Å². The third kappa shape index (κ3) is 2.17. The normalized spacial score (nSPS) is 19.4. The summed E-state index contributed by atoms with van der Waals surface area (Å²) in [6.07, 6.45) is 2.03. The monoisotopic (exact) mass is 250 g/mol. The number of benzene rings is 1. The fourth-order valence-corrected chi connectivity index (χ4v) is 1.82. The van der Waals surface area contributed by atoms with Crippen molar-refractivity contribution in [2.75, 3.05) is 4.90 Å². The van der Waals surface area contributed by atoms with Gasteiger partial charge in [0, 0.05) is 5.02 Å². The summed E-state index contributed by atoms with van der Waals surface area (Å²) in [6.45, 7) is 3.55. The number of nitrogens with zero attached hydrogens (tertiary/aromatic N) is 1. The number of rotatable bonds is 3. The molecule has 88 valence electrons. The van der Waals surface area contributed by atoms with E-state index < -0.39 is 12.1 Å². The first-order chi connectivity index (χ1) is 8.13. The summed E-state index contributed by atoms with van der Waals surface area (Å²) in [5.41, 5.74) is 0.517. The standard InChI is InChI=1S/C12H11ClN2O2/c1-2-3-10-11(16)15(12(17)14-10)9-6-4-8(13)5-7-9/h2,4-7,10H,1,3H2,(H,14,17). The van der Waals surface area contributed by atoms with Gasteiger partial charge in [-0.25, -0.2) is 9.69 Å². The predicted molar refractivity (Wildman–Crippen MR) is 66.1 cm³/mol. The number of hydrogen-bond acceptors (Lipinski definition) is 2. The molecule has 1 fully saturated rings. The average molecular weight is 251 g/mol. The van der Waals surface area contributed by atoms with E-state index in [0.29, 0.717) is 17.1 Å². The number of nitrogens with one attached hydrogen (secondary N) is 1. The van der Waals surface area contributed by atoms with Gasteiger partial charge in [-0.3, -0.25) is 4.79 Å². The van der Waals surface area contributed by atoms with Gasteiger partial charge in [0.1, 0.15) is 6.04 Å². The highest BCUT2D eigenvalue weighted by atomic mass is 35.5. The van der Waals surface area contributed by atoms with Gasteiger partial charge in [-0.1, -0.05) is 17.7 Å². The smallest absolute Gasteiger partial charge is 0.325 e. The number of carbonyl (C=O) groups excluding carboxylic acids is 2. The maximum atomic E-state index is 12.0. The quantitative estimate of drug-likeness (QED) is 0.661. The Bertz CT molecular complexity index is 470. The molecule has 5 heteroatoms. The minimum atomic E-state index is -0.518. The van der Waals surface area contributed by atoms with Crippen LogP contribution in [0.15, 0.2) is 36.9 Å². The van der Waals surface area contributed by atoms with Gasteiger partial charge in [-0.2, -0.15) is 0 Å². The Morgan fingerprint density at radius 1 is 1.35 bits per heavy atom. The molecule has 3 amide bonds. The van der Waals surface area contributed by atoms with Gasteiger partial charge in [0.25, 0.3) is 5.91 Å². The zero-order valence-corrected chi connectivity index (χ0v) is 9.78. The minimum absolute atomic E-state index is 0.266. The molecule has 4 nitrogen and oxygen atoms in total. The van der Waals surface area contributed by atoms with Gasteiger partial charge in [0.05, 0.1) is 5.69 Å². The maximum Gasteiger partial charge on any atom is 0.329 e. The lowest BCUT2D eigenvalue weighted by molar-refractivity contribution is -0.118. The SMILES string of the molecule is C=CCC1NC(=O)N(c2ccc(Cl)cc2)C1=O. The third-order valence-corrected chi connectivity index (χ3v) is 2.76. The van der Waals surface area contributed by atoms with Crippen molar-refractivity contribution >= 4 is 29.2 Å². The van der Waals surface area contributed by atoms with Crippen molar-refractivity contribution in [1.29, 1.82) is 0 Å². The summed E-state index contributed by atoms with van der Waals surface area (Å²) in [5, 5.41) is 3.16. The first-order valence-electron chi connectivity index (χ1n) is 5.14. The molecule has 0 saturated carbocycles. The van der Waals surface area contributed by atoms with E-state index in [1.54, 1.807) is 30.3 Å². The zero-order valence-electron chi connectivity index (χ0n) is 9.02. The van der Waals surface area contributed by atoms with Crippen LogP contribution in [-0.2, 0) is 4.79 Å². The Morgan fingerprint density at radius 2 is 2.00 bits per heavy atom. The van der Waals surface area contributed by atoms with Crippen LogP contribution >= 0.6 is 11.6 Å². The molecular weight excluding hydrogens is 240 g/mol. The van der Waals surface area contributed by atoms with E-state index in [0.717, 1.165) is 4.90 Å². The average Bonchev–Trinajstić information content (AvgIpc) is 2.57. The lowest BCUT2D eigenvalue weighted by atomic mass is 10.2. The fourth-order valence-electron chi connectivity index (χ4n) is 1.69. The summed E-state index contributed by atoms with van der Waals surface area (Å²) in [4.78, 5) is 24.8. The van der Waals surface area contributed by atoms with Gasteiger partial charge in [0.15, 0.2) is 0 Å². The molecule has 1 aliphatic heterocycles. The number of imide groups is 1. The summed E-state index contributed by atoms with van der Waals surface area (Å²) >= 11 is 5.75. The van der Waals surface area contributed by atoms with Gasteiger partial charge < -0.3 is 5.32 Å². The largest absolute Gasteiger partial charge is 0.329 e. The van der Waals surface area contributed by atoms with E-state index in [1.807, 2.05) is 0 Å². The number of amides is 3. The second-order valence-corrected chi connectivity index (χ2v) is 4.11. The van der Waals surface area contributed by atoms with E-state index in [4.69, 9.17) is 11.6 Å². The van der Waals surface area contributed by atoms with Gasteiger partial charge in [0.2, 0.25) is 0 Å². The molecule has 1 aromatic carbocycles. The van der Waals surface area contributed by atoms with Crippen LogP contribution in [-0.4, -0.2) is 18.0 Å². The molecule has 2 rings (SSSR count). The van der Waals surface area contributed by atoms with Crippen LogP contribution < -0.4 is 10.2 Å². The van der Waals surface area contributed by atoms with E-state index in [2.05, 4.69) is 11.9 Å². The maximum absolute atomic E-state index is 12.0. The molecule has 1 heterocycles. The van der Waals surface area contributed by atoms with Gasteiger partial charge in [-0.15, -0.1) is 6.58 Å². The molecule has 0 bridgehead atoms. The minimum Gasteiger partial charge on any atom is -0.325 e. The Morgan fingerprint density at radius 3 is 2.59 bits per heavy atom. The summed E-state index contributed by atoms with van der Waals surface area (Å²) in [5.74, 6) is -0.266. The van der Waals surface area contributed by atoms with Crippen LogP contribution in [0.25, 0.3) is 0 Å². The van der Waals surface area contributed by atoms with Crippen LogP contribution in [0.3, 0.4) is 0 Å². The van der Waals surface area contributed by atoms with E-state index in [1.165, 1.54) is 0 Å². The highest BCUT2D eigenvalue weighted by Gasteiger charge is 2.37. The summed E-state index contributed by atoms with van der Waals surface area (Å²) in [7, 11) is 0. The van der Waals surface area contributed by atoms with Crippen molar-refractivity contribution in [2.45, 2.75) is 12.5 Å². The lowest BCUT2D eigenvalue weighted by Crippen LogP contribution is -2.31. The van der Waals surface area contributed by atoms with E-state index in [9.17, 15) is 9.59 Å². The first kappa shape index (κ1) is 11.7. The predicted octanol–water partition coefficient (Wildman–Crippen LogP) is 2.34. The second-order valence-electron chi connectivity index (χ2n) is 3.68. The van der Waals surface area contributed by atoms with Crippen molar-refractivity contribution in [2.24, 2.45) is 0 Å². The molecule has 0 aliphatic carbocycles. The number of urea groups is 1. The highest BCUT2D eigenvalue weighted by Crippen LogP contribution is 2.22. The molecule has 1 aromatic rings. The van der Waals surface area contributed by atoms with Crippen molar-refractivity contribution in [3.8, 4) is 0 Å². The third-order valence-electron chi connectivity index (χ3n) is 2.51. The number of carbonyl (C=O) groups is 2. The Hall–Kier alpha value is -1.81. The van der Waals surface area contributed by atoms with Crippen molar-refractivity contribution in [3.05, 3.63) is 41.9 Å². The second kappa shape index (κ2) is 4.59. The molecular formula is C12H11ClN2O2. The van der Waals surface area contributed by atoms with Crippen LogP contribution in [0.4, 0.5) is 10.5 Å². The molecule has 1 N–H and O–H groups in total. The van der Waals surface area contributed by atoms with Crippen LogP contribution in [0, 0.1) is 0 Å². The van der Waals surface area contributed by atoms with Crippen LogP contribution in [0.2, 0.25) is 5.02 Å². The molecule has 0 radical (unpaired) electrons. The molecule has 0 spiro atoms. The Balaban J connectivity index is 2.27. The number of halogens is 1. The molecule has 17 heavy (non-hydrogen) atoms. The van der Waals surface area contributed by atoms with Crippen molar-refractivity contribution in [1.82, 2.24) is 5.32 Å². The number of hydrogen-bond donors (Lipinski definition) is 1. The van der Waals surface area contributed by atoms with Crippen molar-refractivity contribution in [3.63, 3.8) is 0 Å². The van der Waals surface area contributed by atoms with E-state index in [-0.39, 0.29) is 5.91 Å². The summed E-state index contributed by atoms with van der Waals surface area (Å²) in [6, 6.07) is 5.61. The van der Waals surface area contributed by atoms with Gasteiger partial charge >= 0.3 is 6.03 Å². The van der Waals surface area contributed by atoms with Gasteiger partial charge in [-0.05, 0) is 30.7 Å². The van der Waals surface area contributed by atoms with Crippen LogP contribution in [0.1, 0.15) is 6.42 Å². The molecule has 1 atom stereocenters. The molecule has 0 aromatic heterocycles. The molecule has 1 saturated heterocycles. The lowest BCUT2D eigenvalue weighted by Gasteiger charge is -2.12. The highest BCUT2D eigenvalue weighted by molar-refractivity contribution is 6.30. The Kier molecular flexibility index (Phi) is 3.15. The first-order valence-corrected chi connectivity index (χ1v) is 5.52. The van der Waals surface area contributed by atoms with E-state index >= 15 is 0 Å². The topological polar surface area (TPSA) is 49.4 Å². The molecule has 1 aliphatic rings. The van der Waals surface area contributed by atoms with Crippen LogP contribution in [0.5, 0.6) is 0 Å². The molecule has 1 unspecified atom stereocenters. The summed E-state index contributed by atoms with van der Waals surface area (Å²) < 4.78 is 0. The fraction of sp³-hybridized carbons (Fsp3) is 0.167. The zero-order chi connectivity index (χ0) is 12.4. The number of anilines is 1. The van der Waals surface area contributed by atoms with Crippen molar-refractivity contribution < 1.29 is 9.59 Å².